The van der Waals surface area contributed by atoms with Gasteiger partial charge in [-0.3, -0.25) is 9.59 Å². The first-order valence-corrected chi connectivity index (χ1v) is 8.53. The largest absolute Gasteiger partial charge is 0.497 e. The summed E-state index contributed by atoms with van der Waals surface area (Å²) in [5, 5.41) is 6.00. The van der Waals surface area contributed by atoms with Crippen LogP contribution in [0.15, 0.2) is 48.5 Å². The molecule has 0 aliphatic carbocycles. The number of ether oxygens (including phenoxy) is 2. The van der Waals surface area contributed by atoms with Crippen molar-refractivity contribution >= 4 is 23.4 Å². The molecule has 2 rings (SSSR count). The molecule has 0 spiro atoms. The van der Waals surface area contributed by atoms with Crippen molar-refractivity contribution in [2.24, 2.45) is 0 Å². The molecule has 0 heterocycles. The van der Waals surface area contributed by atoms with Crippen LogP contribution in [-0.4, -0.2) is 38.6 Å². The number of rotatable bonds is 9. The summed E-state index contributed by atoms with van der Waals surface area (Å²) < 4.78 is 10.6. The van der Waals surface area contributed by atoms with Crippen LogP contribution in [0.4, 0.5) is 0 Å². The van der Waals surface area contributed by atoms with Gasteiger partial charge >= 0.3 is 0 Å². The minimum atomic E-state index is -0.240. The SMILES string of the molecule is COc1cccc(OCCNC(=O)CCNC(=O)c2ccc(Cl)cc2)c1. The molecule has 0 atom stereocenters. The number of carbonyl (C=O) groups is 2. The molecule has 2 N–H and O–H groups in total. The van der Waals surface area contributed by atoms with E-state index in [1.54, 1.807) is 37.4 Å². The zero-order valence-electron chi connectivity index (χ0n) is 14.5. The normalized spacial score (nSPS) is 10.1. The molecule has 0 aliphatic rings. The highest BCUT2D eigenvalue weighted by atomic mass is 35.5. The van der Waals surface area contributed by atoms with E-state index in [2.05, 4.69) is 10.6 Å². The van der Waals surface area contributed by atoms with E-state index in [1.165, 1.54) is 0 Å². The van der Waals surface area contributed by atoms with Crippen molar-refractivity contribution in [1.29, 1.82) is 0 Å². The Bertz CT molecular complexity index is 735. The van der Waals surface area contributed by atoms with Crippen molar-refractivity contribution in [1.82, 2.24) is 10.6 Å². The zero-order valence-corrected chi connectivity index (χ0v) is 15.2. The highest BCUT2D eigenvalue weighted by molar-refractivity contribution is 6.30. The van der Waals surface area contributed by atoms with Crippen LogP contribution >= 0.6 is 11.6 Å². The van der Waals surface area contributed by atoms with Crippen molar-refractivity contribution in [3.8, 4) is 11.5 Å². The van der Waals surface area contributed by atoms with Gasteiger partial charge in [0.15, 0.2) is 0 Å². The maximum atomic E-state index is 11.9. The lowest BCUT2D eigenvalue weighted by molar-refractivity contribution is -0.121. The predicted molar refractivity (Wildman–Crippen MR) is 99.9 cm³/mol. The van der Waals surface area contributed by atoms with Crippen molar-refractivity contribution in [2.45, 2.75) is 6.42 Å². The average Bonchev–Trinajstić information content (AvgIpc) is 2.66. The van der Waals surface area contributed by atoms with Gasteiger partial charge in [0.2, 0.25) is 5.91 Å². The molecular weight excluding hydrogens is 356 g/mol. The van der Waals surface area contributed by atoms with Crippen molar-refractivity contribution in [2.75, 3.05) is 26.8 Å². The van der Waals surface area contributed by atoms with Crippen LogP contribution in [-0.2, 0) is 4.79 Å². The molecule has 0 fully saturated rings. The second-order valence-corrected chi connectivity index (χ2v) is 5.83. The lowest BCUT2D eigenvalue weighted by Gasteiger charge is -2.09. The fourth-order valence-corrected chi connectivity index (χ4v) is 2.26. The summed E-state index contributed by atoms with van der Waals surface area (Å²) in [7, 11) is 1.59. The van der Waals surface area contributed by atoms with Crippen LogP contribution in [0.5, 0.6) is 11.5 Å². The van der Waals surface area contributed by atoms with E-state index in [1.807, 2.05) is 18.2 Å². The predicted octanol–water partition coefficient (Wildman–Crippen LogP) is 2.66. The quantitative estimate of drug-likeness (QED) is 0.660. The molecule has 0 saturated heterocycles. The molecule has 26 heavy (non-hydrogen) atoms. The van der Waals surface area contributed by atoms with E-state index in [-0.39, 0.29) is 24.8 Å². The van der Waals surface area contributed by atoms with Crippen LogP contribution in [0.1, 0.15) is 16.8 Å². The second-order valence-electron chi connectivity index (χ2n) is 5.39. The van der Waals surface area contributed by atoms with Crippen LogP contribution in [0.25, 0.3) is 0 Å². The number of hydrogen-bond acceptors (Lipinski definition) is 4. The maximum Gasteiger partial charge on any atom is 0.251 e. The number of benzene rings is 2. The summed E-state index contributed by atoms with van der Waals surface area (Å²) >= 11 is 5.78. The summed E-state index contributed by atoms with van der Waals surface area (Å²) in [5.74, 6) is 0.989. The number of methoxy groups -OCH3 is 1. The molecular formula is C19H21ClN2O4. The summed E-state index contributed by atoms with van der Waals surface area (Å²) in [4.78, 5) is 23.7. The smallest absolute Gasteiger partial charge is 0.251 e. The third-order valence-electron chi connectivity index (χ3n) is 3.48. The number of nitrogens with one attached hydrogen (secondary N) is 2. The first-order valence-electron chi connectivity index (χ1n) is 8.16. The fourth-order valence-electron chi connectivity index (χ4n) is 2.13. The van der Waals surface area contributed by atoms with Crippen molar-refractivity contribution in [3.05, 3.63) is 59.1 Å². The summed E-state index contributed by atoms with van der Waals surface area (Å²) in [6, 6.07) is 13.8. The van der Waals surface area contributed by atoms with Gasteiger partial charge < -0.3 is 20.1 Å². The Morgan fingerprint density at radius 2 is 1.73 bits per heavy atom. The molecule has 2 aromatic carbocycles. The molecule has 0 unspecified atom stereocenters. The highest BCUT2D eigenvalue weighted by Gasteiger charge is 2.06. The zero-order chi connectivity index (χ0) is 18.8. The van der Waals surface area contributed by atoms with Gasteiger partial charge in [0, 0.05) is 29.6 Å². The van der Waals surface area contributed by atoms with Crippen LogP contribution in [0.3, 0.4) is 0 Å². The Morgan fingerprint density at radius 1 is 1.00 bits per heavy atom. The van der Waals surface area contributed by atoms with Gasteiger partial charge in [-0.15, -0.1) is 0 Å². The molecule has 0 radical (unpaired) electrons. The van der Waals surface area contributed by atoms with Gasteiger partial charge in [0.25, 0.3) is 5.91 Å². The topological polar surface area (TPSA) is 76.7 Å². The minimum absolute atomic E-state index is 0.157. The number of amides is 2. The van der Waals surface area contributed by atoms with E-state index in [0.29, 0.717) is 35.2 Å². The third-order valence-corrected chi connectivity index (χ3v) is 3.73. The first kappa shape index (κ1) is 19.6. The van der Waals surface area contributed by atoms with Gasteiger partial charge in [0.1, 0.15) is 18.1 Å². The summed E-state index contributed by atoms with van der Waals surface area (Å²) in [6.45, 7) is 0.973. The molecule has 7 heteroatoms. The van der Waals surface area contributed by atoms with Crippen molar-refractivity contribution in [3.63, 3.8) is 0 Å². The minimum Gasteiger partial charge on any atom is -0.497 e. The second kappa shape index (κ2) is 10.3. The Balaban J connectivity index is 1.60. The Morgan fingerprint density at radius 3 is 2.46 bits per heavy atom. The van der Waals surface area contributed by atoms with E-state index < -0.39 is 0 Å². The van der Waals surface area contributed by atoms with Gasteiger partial charge in [-0.2, -0.15) is 0 Å². The third kappa shape index (κ3) is 6.64. The highest BCUT2D eigenvalue weighted by Crippen LogP contribution is 2.18. The van der Waals surface area contributed by atoms with Gasteiger partial charge in [-0.05, 0) is 36.4 Å². The lowest BCUT2D eigenvalue weighted by Crippen LogP contribution is -2.32. The average molecular weight is 377 g/mol. The molecule has 6 nitrogen and oxygen atoms in total. The molecule has 0 saturated carbocycles. The summed E-state index contributed by atoms with van der Waals surface area (Å²) in [6.07, 6.45) is 0.193. The van der Waals surface area contributed by atoms with Gasteiger partial charge in [-0.25, -0.2) is 0 Å². The number of halogens is 1. The first-order chi connectivity index (χ1) is 12.6. The molecule has 2 amide bonds. The monoisotopic (exact) mass is 376 g/mol. The van der Waals surface area contributed by atoms with E-state index >= 15 is 0 Å². The van der Waals surface area contributed by atoms with Gasteiger partial charge in [0.05, 0.1) is 13.7 Å². The Labute approximate surface area is 157 Å². The van der Waals surface area contributed by atoms with Crippen LogP contribution in [0, 0.1) is 0 Å². The number of carbonyl (C=O) groups excluding carboxylic acids is 2. The standard InChI is InChI=1S/C19H21ClN2O4/c1-25-16-3-2-4-17(13-16)26-12-11-21-18(23)9-10-22-19(24)14-5-7-15(20)8-6-14/h2-8,13H,9-12H2,1H3,(H,21,23)(H,22,24). The molecule has 138 valence electrons. The lowest BCUT2D eigenvalue weighted by atomic mass is 10.2. The molecule has 0 bridgehead atoms. The molecule has 0 aliphatic heterocycles. The van der Waals surface area contributed by atoms with Crippen LogP contribution < -0.4 is 20.1 Å². The van der Waals surface area contributed by atoms with E-state index in [0.717, 1.165) is 0 Å². The summed E-state index contributed by atoms with van der Waals surface area (Å²) in [5.41, 5.74) is 0.501. The Kier molecular flexibility index (Phi) is 7.76. The number of hydrogen-bond donors (Lipinski definition) is 2. The maximum absolute atomic E-state index is 11.9. The van der Waals surface area contributed by atoms with E-state index in [4.69, 9.17) is 21.1 Å². The Hall–Kier alpha value is -2.73. The van der Waals surface area contributed by atoms with Crippen LogP contribution in [0.2, 0.25) is 5.02 Å². The fraction of sp³-hybridized carbons (Fsp3) is 0.263. The van der Waals surface area contributed by atoms with Crippen molar-refractivity contribution < 1.29 is 19.1 Å². The van der Waals surface area contributed by atoms with Gasteiger partial charge in [-0.1, -0.05) is 17.7 Å². The molecule has 0 aromatic heterocycles. The van der Waals surface area contributed by atoms with E-state index in [9.17, 15) is 9.59 Å². The molecule has 2 aromatic rings.